The Hall–Kier alpha value is -2.36. The van der Waals surface area contributed by atoms with E-state index in [-0.39, 0.29) is 0 Å². The standard InChI is InChI=1S/C14H12O4/c1-17-13-4-3-9-5-10(7-15)14(18-2)6-11(9)12(13)8-16/h3-8H,1-2H3. The Kier molecular flexibility index (Phi) is 3.28. The predicted molar refractivity (Wildman–Crippen MR) is 67.8 cm³/mol. The highest BCUT2D eigenvalue weighted by atomic mass is 16.5. The van der Waals surface area contributed by atoms with Gasteiger partial charge in [0.25, 0.3) is 0 Å². The first-order valence-corrected chi connectivity index (χ1v) is 5.34. The lowest BCUT2D eigenvalue weighted by Gasteiger charge is -2.10. The number of fused-ring (bicyclic) bond motifs is 1. The van der Waals surface area contributed by atoms with E-state index >= 15 is 0 Å². The van der Waals surface area contributed by atoms with Gasteiger partial charge in [-0.05, 0) is 29.0 Å². The molecule has 0 bridgehead atoms. The lowest BCUT2D eigenvalue weighted by molar-refractivity contribution is 0.111. The van der Waals surface area contributed by atoms with Gasteiger partial charge in [0.15, 0.2) is 12.6 Å². The van der Waals surface area contributed by atoms with Crippen LogP contribution in [0.5, 0.6) is 11.5 Å². The molecule has 2 aromatic rings. The molecular formula is C14H12O4. The average Bonchev–Trinajstić information content (AvgIpc) is 2.44. The van der Waals surface area contributed by atoms with Gasteiger partial charge in [-0.25, -0.2) is 0 Å². The van der Waals surface area contributed by atoms with Crippen LogP contribution < -0.4 is 9.47 Å². The van der Waals surface area contributed by atoms with E-state index in [0.29, 0.717) is 28.0 Å². The zero-order chi connectivity index (χ0) is 13.1. The molecule has 2 aromatic carbocycles. The van der Waals surface area contributed by atoms with E-state index in [1.54, 1.807) is 24.3 Å². The monoisotopic (exact) mass is 244 g/mol. The Balaban J connectivity index is 2.84. The van der Waals surface area contributed by atoms with E-state index in [1.165, 1.54) is 14.2 Å². The summed E-state index contributed by atoms with van der Waals surface area (Å²) < 4.78 is 10.3. The molecule has 0 heterocycles. The molecule has 92 valence electrons. The van der Waals surface area contributed by atoms with Crippen molar-refractivity contribution >= 4 is 23.3 Å². The SMILES string of the molecule is COc1cc2c(C=O)c(OC)ccc2cc1C=O. The van der Waals surface area contributed by atoms with Crippen molar-refractivity contribution in [2.45, 2.75) is 0 Å². The fourth-order valence-electron chi connectivity index (χ4n) is 1.94. The van der Waals surface area contributed by atoms with Gasteiger partial charge in [-0.1, -0.05) is 6.07 Å². The van der Waals surface area contributed by atoms with Crippen LogP contribution in [0.3, 0.4) is 0 Å². The highest BCUT2D eigenvalue weighted by Crippen LogP contribution is 2.31. The van der Waals surface area contributed by atoms with Crippen molar-refractivity contribution in [3.05, 3.63) is 35.4 Å². The normalized spacial score (nSPS) is 10.1. The lowest BCUT2D eigenvalue weighted by atomic mass is 10.0. The van der Waals surface area contributed by atoms with Crippen LogP contribution >= 0.6 is 0 Å². The van der Waals surface area contributed by atoms with Crippen molar-refractivity contribution in [2.24, 2.45) is 0 Å². The fourth-order valence-corrected chi connectivity index (χ4v) is 1.94. The van der Waals surface area contributed by atoms with Gasteiger partial charge in [0.05, 0.1) is 25.3 Å². The van der Waals surface area contributed by atoms with E-state index in [9.17, 15) is 9.59 Å². The van der Waals surface area contributed by atoms with Gasteiger partial charge in [0.1, 0.15) is 11.5 Å². The van der Waals surface area contributed by atoms with Crippen LogP contribution in [-0.2, 0) is 0 Å². The zero-order valence-electron chi connectivity index (χ0n) is 10.1. The van der Waals surface area contributed by atoms with Crippen molar-refractivity contribution in [3.8, 4) is 11.5 Å². The summed E-state index contributed by atoms with van der Waals surface area (Å²) >= 11 is 0. The number of hydrogen-bond donors (Lipinski definition) is 0. The topological polar surface area (TPSA) is 52.6 Å². The predicted octanol–water partition coefficient (Wildman–Crippen LogP) is 2.48. The second-order valence-corrected chi connectivity index (χ2v) is 3.73. The van der Waals surface area contributed by atoms with Crippen molar-refractivity contribution in [1.82, 2.24) is 0 Å². The molecule has 0 unspecified atom stereocenters. The first-order valence-electron chi connectivity index (χ1n) is 5.34. The highest BCUT2D eigenvalue weighted by molar-refractivity contribution is 6.03. The van der Waals surface area contributed by atoms with Gasteiger partial charge in [-0.15, -0.1) is 0 Å². The van der Waals surface area contributed by atoms with E-state index in [2.05, 4.69) is 0 Å². The van der Waals surface area contributed by atoms with Gasteiger partial charge in [0, 0.05) is 0 Å². The first-order chi connectivity index (χ1) is 8.74. The summed E-state index contributed by atoms with van der Waals surface area (Å²) in [6.07, 6.45) is 1.46. The summed E-state index contributed by atoms with van der Waals surface area (Å²) in [5.41, 5.74) is 0.901. The molecule has 0 N–H and O–H groups in total. The van der Waals surface area contributed by atoms with Crippen LogP contribution in [-0.4, -0.2) is 26.8 Å². The molecule has 4 heteroatoms. The lowest BCUT2D eigenvalue weighted by Crippen LogP contribution is -1.95. The molecule has 0 aliphatic heterocycles. The van der Waals surface area contributed by atoms with Gasteiger partial charge < -0.3 is 9.47 Å². The van der Waals surface area contributed by atoms with Crippen LogP contribution in [0.25, 0.3) is 10.8 Å². The smallest absolute Gasteiger partial charge is 0.154 e. The van der Waals surface area contributed by atoms with Crippen LogP contribution in [0.2, 0.25) is 0 Å². The number of ether oxygens (including phenoxy) is 2. The number of benzene rings is 2. The van der Waals surface area contributed by atoms with Gasteiger partial charge in [0.2, 0.25) is 0 Å². The maximum atomic E-state index is 11.2. The van der Waals surface area contributed by atoms with E-state index in [1.807, 2.05) is 0 Å². The van der Waals surface area contributed by atoms with Gasteiger partial charge in [-0.2, -0.15) is 0 Å². The van der Waals surface area contributed by atoms with Crippen molar-refractivity contribution < 1.29 is 19.1 Å². The Morgan fingerprint density at radius 2 is 1.67 bits per heavy atom. The number of methoxy groups -OCH3 is 2. The summed E-state index contributed by atoms with van der Waals surface area (Å²) in [7, 11) is 2.99. The van der Waals surface area contributed by atoms with Crippen molar-refractivity contribution in [2.75, 3.05) is 14.2 Å². The molecule has 0 radical (unpaired) electrons. The molecule has 2 rings (SSSR count). The summed E-state index contributed by atoms with van der Waals surface area (Å²) in [5, 5.41) is 1.49. The molecular weight excluding hydrogens is 232 g/mol. The minimum atomic E-state index is 0.439. The molecule has 0 aliphatic carbocycles. The van der Waals surface area contributed by atoms with Gasteiger partial charge in [-0.3, -0.25) is 9.59 Å². The highest BCUT2D eigenvalue weighted by Gasteiger charge is 2.11. The number of aldehydes is 2. The second kappa shape index (κ2) is 4.87. The van der Waals surface area contributed by atoms with E-state index < -0.39 is 0 Å². The Morgan fingerprint density at radius 3 is 2.22 bits per heavy atom. The maximum absolute atomic E-state index is 11.2. The third-order valence-corrected chi connectivity index (χ3v) is 2.84. The number of hydrogen-bond acceptors (Lipinski definition) is 4. The maximum Gasteiger partial charge on any atom is 0.154 e. The zero-order valence-corrected chi connectivity index (χ0v) is 10.1. The van der Waals surface area contributed by atoms with E-state index in [0.717, 1.165) is 18.0 Å². The quantitative estimate of drug-likeness (QED) is 0.775. The first kappa shape index (κ1) is 12.1. The third-order valence-electron chi connectivity index (χ3n) is 2.84. The Bertz CT molecular complexity index is 617. The Morgan fingerprint density at radius 1 is 0.944 bits per heavy atom. The molecule has 0 atom stereocenters. The van der Waals surface area contributed by atoms with Crippen LogP contribution in [0.1, 0.15) is 20.7 Å². The number of carbonyl (C=O) groups excluding carboxylic acids is 2. The van der Waals surface area contributed by atoms with Crippen LogP contribution in [0.4, 0.5) is 0 Å². The Labute approximate surface area is 104 Å². The minimum absolute atomic E-state index is 0.439. The molecule has 0 amide bonds. The second-order valence-electron chi connectivity index (χ2n) is 3.73. The number of rotatable bonds is 4. The third kappa shape index (κ3) is 1.82. The minimum Gasteiger partial charge on any atom is -0.496 e. The average molecular weight is 244 g/mol. The number of carbonyl (C=O) groups is 2. The van der Waals surface area contributed by atoms with E-state index in [4.69, 9.17) is 9.47 Å². The fraction of sp³-hybridized carbons (Fsp3) is 0.143. The van der Waals surface area contributed by atoms with Crippen molar-refractivity contribution in [3.63, 3.8) is 0 Å². The molecule has 18 heavy (non-hydrogen) atoms. The summed E-state index contributed by atoms with van der Waals surface area (Å²) in [5.74, 6) is 0.937. The molecule has 4 nitrogen and oxygen atoms in total. The molecule has 0 aromatic heterocycles. The van der Waals surface area contributed by atoms with Crippen LogP contribution in [0, 0.1) is 0 Å². The van der Waals surface area contributed by atoms with Crippen LogP contribution in [0.15, 0.2) is 24.3 Å². The molecule has 0 saturated carbocycles. The largest absolute Gasteiger partial charge is 0.496 e. The molecule has 0 aliphatic rings. The molecule has 0 fully saturated rings. The summed E-state index contributed by atoms with van der Waals surface area (Å²) in [6, 6.07) is 6.86. The molecule has 0 saturated heterocycles. The summed E-state index contributed by atoms with van der Waals surface area (Å²) in [4.78, 5) is 22.1. The van der Waals surface area contributed by atoms with Gasteiger partial charge >= 0.3 is 0 Å². The summed E-state index contributed by atoms with van der Waals surface area (Å²) in [6.45, 7) is 0. The molecule has 0 spiro atoms. The van der Waals surface area contributed by atoms with Crippen molar-refractivity contribution in [1.29, 1.82) is 0 Å².